The highest BCUT2D eigenvalue weighted by molar-refractivity contribution is 5.88. The van der Waals surface area contributed by atoms with Crippen LogP contribution in [0.1, 0.15) is 113 Å². The van der Waals surface area contributed by atoms with E-state index in [1.54, 1.807) is 13.8 Å². The monoisotopic (exact) mass is 951 g/mol. The minimum absolute atomic E-state index is 0.0245. The van der Waals surface area contributed by atoms with Gasteiger partial charge in [0, 0.05) is 52.9 Å². The minimum Gasteiger partial charge on any atom is -0.465 e. The predicted octanol–water partition coefficient (Wildman–Crippen LogP) is 5.86. The molecule has 5 aromatic rings. The lowest BCUT2D eigenvalue weighted by Crippen LogP contribution is -2.54. The molecule has 3 fully saturated rings. The number of imidazole rings is 2. The number of ether oxygens (including phenoxy) is 3. The summed E-state index contributed by atoms with van der Waals surface area (Å²) in [5.74, 6) is 0.127. The highest BCUT2D eigenvalue weighted by atomic mass is 16.5. The largest absolute Gasteiger partial charge is 0.465 e. The van der Waals surface area contributed by atoms with Crippen LogP contribution in [0.5, 0.6) is 0 Å². The first-order chi connectivity index (χ1) is 32.8. The molecule has 10 atom stereocenters. The molecule has 2 aromatic heterocycles. The summed E-state index contributed by atoms with van der Waals surface area (Å²) in [6.07, 6.45) is -2.95. The average Bonchev–Trinajstić information content (AvgIpc) is 4.18. The quantitative estimate of drug-likeness (QED) is 0.0812. The molecule has 0 saturated carbocycles. The fraction of sp³-hybridized carbons (Fsp3) is 0.520. The molecule has 3 saturated heterocycles. The summed E-state index contributed by atoms with van der Waals surface area (Å²) < 4.78 is 15.7. The van der Waals surface area contributed by atoms with Crippen LogP contribution in [0.25, 0.3) is 22.1 Å². The summed E-state index contributed by atoms with van der Waals surface area (Å²) in [4.78, 5) is 75.6. The molecule has 3 aromatic carbocycles. The zero-order chi connectivity index (χ0) is 49.6. The molecule has 0 aliphatic carbocycles. The van der Waals surface area contributed by atoms with Gasteiger partial charge in [0.1, 0.15) is 23.7 Å². The Labute approximate surface area is 401 Å². The second-order valence-corrected chi connectivity index (χ2v) is 19.7. The number of fused-ring (bicyclic) bond motifs is 2. The number of rotatable bonds is 13. The average molecular weight is 952 g/mol. The number of methoxy groups -OCH3 is 3. The van der Waals surface area contributed by atoms with Crippen LogP contribution in [0.3, 0.4) is 0 Å². The van der Waals surface area contributed by atoms with E-state index in [-0.39, 0.29) is 43.4 Å². The van der Waals surface area contributed by atoms with Gasteiger partial charge in [-0.3, -0.25) is 14.5 Å². The molecule has 1 unspecified atom stereocenters. The summed E-state index contributed by atoms with van der Waals surface area (Å²) in [7, 11) is 5.44. The molecule has 6 N–H and O–H groups in total. The normalized spacial score (nSPS) is 23.6. The van der Waals surface area contributed by atoms with Crippen molar-refractivity contribution in [1.82, 2.24) is 40.0 Å². The fourth-order valence-electron chi connectivity index (χ4n) is 10.4. The van der Waals surface area contributed by atoms with Gasteiger partial charge >= 0.3 is 12.2 Å². The molecule has 3 aliphatic heterocycles. The maximum Gasteiger partial charge on any atom is 0.407 e. The van der Waals surface area contributed by atoms with E-state index >= 15 is 0 Å². The number of alkyl carbamates (subject to hydrolysis) is 1. The van der Waals surface area contributed by atoms with Crippen molar-refractivity contribution in [2.24, 2.45) is 0 Å². The predicted molar refractivity (Wildman–Crippen MR) is 257 cm³/mol. The lowest BCUT2D eigenvalue weighted by molar-refractivity contribution is -0.142. The third-order valence-electron chi connectivity index (χ3n) is 14.3. The van der Waals surface area contributed by atoms with Crippen LogP contribution in [0.2, 0.25) is 0 Å². The van der Waals surface area contributed by atoms with E-state index in [1.165, 1.54) is 43.7 Å². The molecule has 69 heavy (non-hydrogen) atoms. The summed E-state index contributed by atoms with van der Waals surface area (Å²) in [6.45, 7) is 9.98. The number of hydrogen-bond acceptors (Lipinski definition) is 12. The molecule has 19 heteroatoms. The Bertz CT molecular complexity index is 2680. The van der Waals surface area contributed by atoms with Crippen molar-refractivity contribution in [2.45, 2.75) is 126 Å². The molecule has 4 amide bonds. The maximum atomic E-state index is 14.1. The second kappa shape index (κ2) is 19.6. The van der Waals surface area contributed by atoms with Gasteiger partial charge in [-0.05, 0) is 85.2 Å². The molecule has 370 valence electrons. The van der Waals surface area contributed by atoms with E-state index < -0.39 is 72.6 Å². The third kappa shape index (κ3) is 9.69. The van der Waals surface area contributed by atoms with Gasteiger partial charge in [-0.25, -0.2) is 19.6 Å². The zero-order valence-electron chi connectivity index (χ0n) is 40.7. The number of aromatic nitrogens is 4. The van der Waals surface area contributed by atoms with Gasteiger partial charge < -0.3 is 59.5 Å². The Morgan fingerprint density at radius 2 is 1.23 bits per heavy atom. The van der Waals surface area contributed by atoms with E-state index in [4.69, 9.17) is 24.2 Å². The highest BCUT2D eigenvalue weighted by Crippen LogP contribution is 2.48. The molecule has 19 nitrogen and oxygen atoms in total. The number of benzene rings is 3. The van der Waals surface area contributed by atoms with Gasteiger partial charge in [-0.2, -0.15) is 0 Å². The standard InChI is InChI=1S/C50H65N9O10/c1-26(67-7)42(55-48(64)69-9)46(62)57-24-32(60)22-40(57)44-51-34-16-10-28(20-36(34)53-44)38-18-19-39(59(38)31-14-12-30(13-15-31)50(3,4)5)29-11-17-35-37(21-29)54-45(52-35)41-23-33(61)25-58(41)47(63)43(27(2)68-8)56(6)49(65)66/h10-17,20-21,26-27,32-33,38-43,60-61H,18-19,22-25H2,1-9H3,(H,51,53)(H,52,54)(H,55,64)(H,65,66)/t26-,27-,32+,33+,38?,39-,40+,41+,42+,43+/m1/s1. The highest BCUT2D eigenvalue weighted by Gasteiger charge is 2.45. The summed E-state index contributed by atoms with van der Waals surface area (Å²) >= 11 is 0. The van der Waals surface area contributed by atoms with Crippen molar-refractivity contribution < 1.29 is 48.7 Å². The number of H-pyrrole nitrogens is 2. The molecular formula is C50H65N9O10. The molecule has 0 radical (unpaired) electrons. The van der Waals surface area contributed by atoms with Crippen LogP contribution in [-0.4, -0.2) is 152 Å². The van der Waals surface area contributed by atoms with E-state index in [0.29, 0.717) is 22.7 Å². The topological polar surface area (TPSA) is 239 Å². The number of aliphatic hydroxyl groups is 2. The van der Waals surface area contributed by atoms with Gasteiger partial charge in [0.2, 0.25) is 11.8 Å². The Balaban J connectivity index is 1.10. The lowest BCUT2D eigenvalue weighted by Gasteiger charge is -2.34. The Kier molecular flexibility index (Phi) is 14.0. The Hall–Kier alpha value is -6.28. The second-order valence-electron chi connectivity index (χ2n) is 19.7. The molecule has 8 rings (SSSR count). The number of nitrogens with zero attached hydrogens (tertiary/aromatic N) is 6. The smallest absolute Gasteiger partial charge is 0.407 e. The van der Waals surface area contributed by atoms with Crippen LogP contribution in [0.15, 0.2) is 60.7 Å². The van der Waals surface area contributed by atoms with Gasteiger partial charge in [-0.15, -0.1) is 0 Å². The van der Waals surface area contributed by atoms with Crippen LogP contribution in [0.4, 0.5) is 15.3 Å². The van der Waals surface area contributed by atoms with Crippen molar-refractivity contribution in [3.63, 3.8) is 0 Å². The molecular weight excluding hydrogens is 887 g/mol. The Morgan fingerprint density at radius 3 is 1.68 bits per heavy atom. The summed E-state index contributed by atoms with van der Waals surface area (Å²) in [6, 6.07) is 17.6. The number of aliphatic hydroxyl groups excluding tert-OH is 2. The van der Waals surface area contributed by atoms with Crippen LogP contribution in [0, 0.1) is 0 Å². The maximum absolute atomic E-state index is 14.1. The van der Waals surface area contributed by atoms with Crippen molar-refractivity contribution in [3.05, 3.63) is 89.0 Å². The van der Waals surface area contributed by atoms with Gasteiger partial charge in [-0.1, -0.05) is 45.0 Å². The molecule has 0 bridgehead atoms. The number of anilines is 1. The first-order valence-corrected chi connectivity index (χ1v) is 23.5. The first kappa shape index (κ1) is 49.2. The summed E-state index contributed by atoms with van der Waals surface area (Å²) in [5, 5.41) is 34.1. The number of likely N-dealkylation sites (N-methyl/N-ethyl adjacent to an activating group) is 1. The zero-order valence-corrected chi connectivity index (χ0v) is 40.7. The van der Waals surface area contributed by atoms with Gasteiger partial charge in [0.25, 0.3) is 0 Å². The fourth-order valence-corrected chi connectivity index (χ4v) is 10.4. The Morgan fingerprint density at radius 1 is 0.739 bits per heavy atom. The minimum atomic E-state index is -1.27. The number of hydrogen-bond donors (Lipinski definition) is 6. The number of carboxylic acid groups (broad SMARTS) is 1. The number of amides is 4. The van der Waals surface area contributed by atoms with E-state index in [9.17, 15) is 34.5 Å². The summed E-state index contributed by atoms with van der Waals surface area (Å²) in [5.41, 5.74) is 7.28. The first-order valence-electron chi connectivity index (χ1n) is 23.5. The van der Waals surface area contributed by atoms with Gasteiger partial charge in [0.05, 0.1) is 77.8 Å². The van der Waals surface area contributed by atoms with Crippen molar-refractivity contribution in [3.8, 4) is 0 Å². The van der Waals surface area contributed by atoms with E-state index in [0.717, 1.165) is 45.6 Å². The number of aromatic amines is 2. The number of carbonyl (C=O) groups is 4. The third-order valence-corrected chi connectivity index (χ3v) is 14.3. The van der Waals surface area contributed by atoms with Crippen LogP contribution in [-0.2, 0) is 29.2 Å². The number of likely N-dealkylation sites (tertiary alicyclic amines) is 2. The van der Waals surface area contributed by atoms with Crippen LogP contribution >= 0.6 is 0 Å². The van der Waals surface area contributed by atoms with Crippen LogP contribution < -0.4 is 10.2 Å². The lowest BCUT2D eigenvalue weighted by atomic mass is 9.87. The van der Waals surface area contributed by atoms with Gasteiger partial charge in [0.15, 0.2) is 0 Å². The molecule has 3 aliphatic rings. The molecule has 0 spiro atoms. The number of carbonyl (C=O) groups excluding carboxylic acids is 3. The van der Waals surface area contributed by atoms with Crippen molar-refractivity contribution in [2.75, 3.05) is 46.4 Å². The SMILES string of the molecule is COC(=O)N[C@H](C(=O)N1C[C@@H](O)C[C@H]1c1nc2cc(C3CC[C@H](c4ccc5[nH]c([C@@H]6C[C@H](O)CN6C(=O)[C@H]([C@@H](C)OC)N(C)C(=O)O)nc5c4)N3c3ccc(C(C)(C)C)cc3)ccc2[nH]1)[C@@H](C)OC. The van der Waals surface area contributed by atoms with E-state index in [2.05, 4.69) is 89.5 Å². The van der Waals surface area contributed by atoms with Crippen molar-refractivity contribution >= 4 is 51.8 Å². The number of nitrogens with one attached hydrogen (secondary N) is 3. The number of β-amino-alcohol motifs (C(OH)–C–C–N with tert-alkyl or cyclic N) is 2. The van der Waals surface area contributed by atoms with Crippen molar-refractivity contribution in [1.29, 1.82) is 0 Å². The van der Waals surface area contributed by atoms with E-state index in [1.807, 2.05) is 12.1 Å². The molecule has 5 heterocycles.